The van der Waals surface area contributed by atoms with Gasteiger partial charge in [-0.3, -0.25) is 0 Å². The zero-order valence-electron chi connectivity index (χ0n) is 8.98. The third kappa shape index (κ3) is 2.51. The number of nitrogens with zero attached hydrogens (tertiary/aromatic N) is 3. The summed E-state index contributed by atoms with van der Waals surface area (Å²) in [4.78, 5) is 8.57. The average molecular weight is 285 g/mol. The first-order chi connectivity index (χ1) is 7.81. The number of imidazole rings is 1. The van der Waals surface area contributed by atoms with Crippen LogP contribution >= 0.6 is 15.9 Å². The third-order valence-corrected chi connectivity index (χ3v) is 2.47. The fraction of sp³-hybridized carbons (Fsp3) is 0.400. The minimum atomic E-state index is 0.664. The number of halogens is 1. The Kier molecular flexibility index (Phi) is 3.74. The Morgan fingerprint density at radius 2 is 2.44 bits per heavy atom. The third-order valence-electron chi connectivity index (χ3n) is 2.09. The molecule has 0 aromatic carbocycles. The molecule has 86 valence electrons. The highest BCUT2D eigenvalue weighted by molar-refractivity contribution is 9.10. The van der Waals surface area contributed by atoms with Crippen molar-refractivity contribution in [2.75, 3.05) is 25.1 Å². The maximum absolute atomic E-state index is 5.25. The van der Waals surface area contributed by atoms with Gasteiger partial charge in [0, 0.05) is 31.7 Å². The lowest BCUT2D eigenvalue weighted by Crippen LogP contribution is -2.11. The number of hydrogen-bond donors (Lipinski definition) is 1. The fourth-order valence-electron chi connectivity index (χ4n) is 1.41. The maximum atomic E-state index is 5.25. The quantitative estimate of drug-likeness (QED) is 0.853. The van der Waals surface area contributed by atoms with Gasteiger partial charge in [0.05, 0.1) is 6.61 Å². The van der Waals surface area contributed by atoms with E-state index in [2.05, 4.69) is 31.2 Å². The summed E-state index contributed by atoms with van der Waals surface area (Å²) >= 11 is 3.36. The smallest absolute Gasteiger partial charge is 0.180 e. The van der Waals surface area contributed by atoms with Gasteiger partial charge in [0.25, 0.3) is 0 Å². The van der Waals surface area contributed by atoms with E-state index in [4.69, 9.17) is 4.74 Å². The van der Waals surface area contributed by atoms with Crippen molar-refractivity contribution < 1.29 is 4.74 Å². The van der Waals surface area contributed by atoms with Crippen molar-refractivity contribution in [2.45, 2.75) is 6.92 Å². The predicted molar refractivity (Wildman–Crippen MR) is 65.7 cm³/mol. The monoisotopic (exact) mass is 284 g/mol. The molecule has 0 bridgehead atoms. The summed E-state index contributed by atoms with van der Waals surface area (Å²) in [6.45, 7) is 4.09. The van der Waals surface area contributed by atoms with Crippen LogP contribution in [-0.2, 0) is 4.74 Å². The molecule has 2 aromatic rings. The van der Waals surface area contributed by atoms with Crippen LogP contribution in [0.2, 0.25) is 0 Å². The average Bonchev–Trinajstić information content (AvgIpc) is 2.72. The van der Waals surface area contributed by atoms with E-state index in [0.717, 1.165) is 29.2 Å². The first kappa shape index (κ1) is 11.3. The topological polar surface area (TPSA) is 51.5 Å². The largest absolute Gasteiger partial charge is 0.380 e. The normalized spacial score (nSPS) is 10.9. The van der Waals surface area contributed by atoms with E-state index in [9.17, 15) is 0 Å². The summed E-state index contributed by atoms with van der Waals surface area (Å²) < 4.78 is 7.94. The van der Waals surface area contributed by atoms with Crippen LogP contribution in [0.3, 0.4) is 0 Å². The lowest BCUT2D eigenvalue weighted by atomic mass is 10.5. The Hall–Kier alpha value is -1.14. The molecule has 2 heterocycles. The number of hydrogen-bond acceptors (Lipinski definition) is 4. The Balaban J connectivity index is 2.12. The van der Waals surface area contributed by atoms with Crippen molar-refractivity contribution in [2.24, 2.45) is 0 Å². The molecule has 1 N–H and O–H groups in total. The molecule has 2 rings (SSSR count). The summed E-state index contributed by atoms with van der Waals surface area (Å²) in [6.07, 6.45) is 5.50. The van der Waals surface area contributed by atoms with Gasteiger partial charge in [-0.1, -0.05) is 0 Å². The number of nitrogens with one attached hydrogen (secondary N) is 1. The van der Waals surface area contributed by atoms with Gasteiger partial charge in [-0.05, 0) is 22.9 Å². The number of rotatable bonds is 5. The molecule has 6 heteroatoms. The van der Waals surface area contributed by atoms with Crippen LogP contribution in [0.1, 0.15) is 6.92 Å². The van der Waals surface area contributed by atoms with Crippen molar-refractivity contribution in [3.63, 3.8) is 0 Å². The van der Waals surface area contributed by atoms with Crippen LogP contribution in [0.5, 0.6) is 0 Å². The standard InChI is InChI=1S/C10H13BrN4O/c1-2-16-6-4-12-9-10-13-3-5-15(10)7-8(11)14-9/h3,5,7H,2,4,6H2,1H3,(H,12,14). The van der Waals surface area contributed by atoms with Gasteiger partial charge in [0.15, 0.2) is 11.5 Å². The first-order valence-electron chi connectivity index (χ1n) is 5.12. The fourth-order valence-corrected chi connectivity index (χ4v) is 1.80. The SMILES string of the molecule is CCOCCNc1nc(Br)cn2ccnc12. The molecule has 0 unspecified atom stereocenters. The molecule has 0 aliphatic rings. The van der Waals surface area contributed by atoms with Gasteiger partial charge >= 0.3 is 0 Å². The molecule has 16 heavy (non-hydrogen) atoms. The van der Waals surface area contributed by atoms with Crippen molar-refractivity contribution in [3.8, 4) is 0 Å². The molecule has 0 atom stereocenters. The summed E-state index contributed by atoms with van der Waals surface area (Å²) in [6, 6.07) is 0. The van der Waals surface area contributed by atoms with Crippen LogP contribution < -0.4 is 5.32 Å². The van der Waals surface area contributed by atoms with Crippen LogP contribution in [0.4, 0.5) is 5.82 Å². The molecule has 0 aliphatic heterocycles. The second kappa shape index (κ2) is 5.27. The van der Waals surface area contributed by atoms with Crippen molar-refractivity contribution in [1.29, 1.82) is 0 Å². The first-order valence-corrected chi connectivity index (χ1v) is 5.91. The summed E-state index contributed by atoms with van der Waals surface area (Å²) in [5.41, 5.74) is 0.819. The predicted octanol–water partition coefficient (Wildman–Crippen LogP) is 1.94. The molecule has 5 nitrogen and oxygen atoms in total. The maximum Gasteiger partial charge on any atom is 0.180 e. The number of aromatic nitrogens is 3. The highest BCUT2D eigenvalue weighted by atomic mass is 79.9. The molecule has 2 aromatic heterocycles. The molecular formula is C10H13BrN4O. The van der Waals surface area contributed by atoms with Gasteiger partial charge in [0.1, 0.15) is 4.60 Å². The number of ether oxygens (including phenoxy) is 1. The Bertz CT molecular complexity index is 471. The van der Waals surface area contributed by atoms with Crippen LogP contribution in [-0.4, -0.2) is 34.1 Å². The molecule has 0 spiro atoms. The van der Waals surface area contributed by atoms with Crippen LogP contribution in [0.15, 0.2) is 23.2 Å². The minimum absolute atomic E-state index is 0.664. The molecule has 0 amide bonds. The lowest BCUT2D eigenvalue weighted by molar-refractivity contribution is 0.158. The zero-order valence-corrected chi connectivity index (χ0v) is 10.6. The second-order valence-corrected chi connectivity index (χ2v) is 4.01. The Morgan fingerprint density at radius 3 is 3.25 bits per heavy atom. The van der Waals surface area contributed by atoms with Gasteiger partial charge in [-0.2, -0.15) is 0 Å². The molecule has 0 aliphatic carbocycles. The van der Waals surface area contributed by atoms with E-state index in [0.29, 0.717) is 6.61 Å². The van der Waals surface area contributed by atoms with E-state index in [1.54, 1.807) is 6.20 Å². The van der Waals surface area contributed by atoms with E-state index < -0.39 is 0 Å². The molecule has 0 saturated carbocycles. The Morgan fingerprint density at radius 1 is 1.56 bits per heavy atom. The summed E-state index contributed by atoms with van der Waals surface area (Å²) in [5.74, 6) is 0.763. The number of fused-ring (bicyclic) bond motifs is 1. The van der Waals surface area contributed by atoms with E-state index in [-0.39, 0.29) is 0 Å². The van der Waals surface area contributed by atoms with Crippen molar-refractivity contribution in [3.05, 3.63) is 23.2 Å². The van der Waals surface area contributed by atoms with Gasteiger partial charge in [-0.25, -0.2) is 9.97 Å². The summed E-state index contributed by atoms with van der Waals surface area (Å²) in [5, 5.41) is 3.20. The van der Waals surface area contributed by atoms with Crippen LogP contribution in [0, 0.1) is 0 Å². The van der Waals surface area contributed by atoms with Gasteiger partial charge < -0.3 is 14.5 Å². The number of anilines is 1. The summed E-state index contributed by atoms with van der Waals surface area (Å²) in [7, 11) is 0. The Labute approximate surface area is 102 Å². The zero-order chi connectivity index (χ0) is 11.4. The lowest BCUT2D eigenvalue weighted by Gasteiger charge is -2.07. The molecule has 0 fully saturated rings. The van der Waals surface area contributed by atoms with Crippen molar-refractivity contribution in [1.82, 2.24) is 14.4 Å². The van der Waals surface area contributed by atoms with E-state index >= 15 is 0 Å². The molecular weight excluding hydrogens is 272 g/mol. The highest BCUT2D eigenvalue weighted by Crippen LogP contribution is 2.16. The van der Waals surface area contributed by atoms with Gasteiger partial charge in [0.2, 0.25) is 0 Å². The molecule has 0 radical (unpaired) electrons. The van der Waals surface area contributed by atoms with E-state index in [1.807, 2.05) is 23.7 Å². The highest BCUT2D eigenvalue weighted by Gasteiger charge is 2.05. The molecule has 0 saturated heterocycles. The second-order valence-electron chi connectivity index (χ2n) is 3.19. The van der Waals surface area contributed by atoms with Crippen molar-refractivity contribution >= 4 is 27.4 Å². The van der Waals surface area contributed by atoms with Gasteiger partial charge in [-0.15, -0.1) is 0 Å². The van der Waals surface area contributed by atoms with Crippen LogP contribution in [0.25, 0.3) is 5.65 Å². The minimum Gasteiger partial charge on any atom is -0.380 e. The van der Waals surface area contributed by atoms with E-state index in [1.165, 1.54) is 0 Å².